The summed E-state index contributed by atoms with van der Waals surface area (Å²) in [4.78, 5) is 15.6. The zero-order chi connectivity index (χ0) is 14.4. The second-order valence-corrected chi connectivity index (χ2v) is 4.31. The van der Waals surface area contributed by atoms with Crippen LogP contribution in [0.5, 0.6) is 5.75 Å². The molecule has 104 valence electrons. The van der Waals surface area contributed by atoms with Crippen LogP contribution in [0.3, 0.4) is 0 Å². The summed E-state index contributed by atoms with van der Waals surface area (Å²) in [6.45, 7) is 2.03. The molecule has 1 heterocycles. The number of hydrogen-bond acceptors (Lipinski definition) is 4. The van der Waals surface area contributed by atoms with E-state index in [1.165, 1.54) is 11.8 Å². The summed E-state index contributed by atoms with van der Waals surface area (Å²) in [6, 6.07) is 11.0. The van der Waals surface area contributed by atoms with Gasteiger partial charge in [-0.2, -0.15) is 0 Å². The molecule has 0 aliphatic heterocycles. The number of aryl methyl sites for hydroxylation is 1. The Labute approximate surface area is 117 Å². The van der Waals surface area contributed by atoms with Crippen LogP contribution in [0.4, 0.5) is 11.5 Å². The van der Waals surface area contributed by atoms with Crippen LogP contribution in [-0.2, 0) is 11.2 Å². The van der Waals surface area contributed by atoms with E-state index in [2.05, 4.69) is 17.2 Å². The normalized spacial score (nSPS) is 10.1. The molecular weight excluding hydrogens is 254 g/mol. The lowest BCUT2D eigenvalue weighted by Gasteiger charge is -2.08. The number of pyridine rings is 1. The lowest BCUT2D eigenvalue weighted by atomic mass is 10.2. The van der Waals surface area contributed by atoms with E-state index in [4.69, 9.17) is 10.5 Å². The summed E-state index contributed by atoms with van der Waals surface area (Å²) >= 11 is 0. The predicted molar refractivity (Wildman–Crippen MR) is 78.6 cm³/mol. The Kier molecular flexibility index (Phi) is 4.55. The van der Waals surface area contributed by atoms with E-state index in [9.17, 15) is 4.79 Å². The summed E-state index contributed by atoms with van der Waals surface area (Å²) in [5.41, 5.74) is 7.24. The minimum Gasteiger partial charge on any atom is -0.484 e. The molecule has 0 radical (unpaired) electrons. The van der Waals surface area contributed by atoms with Gasteiger partial charge in [0.05, 0.1) is 11.9 Å². The molecule has 0 unspecified atom stereocenters. The lowest BCUT2D eigenvalue weighted by molar-refractivity contribution is -0.118. The number of carbonyl (C=O) groups excluding carboxylic acids is 1. The van der Waals surface area contributed by atoms with E-state index in [0.29, 0.717) is 17.3 Å². The standard InChI is InChI=1S/C15H17N3O2/c1-2-11-4-3-5-13(8-11)20-10-15(19)18-12-6-7-14(16)17-9-12/h3-9H,2,10H2,1H3,(H2,16,17)(H,18,19). The first-order chi connectivity index (χ1) is 9.67. The van der Waals surface area contributed by atoms with Crippen molar-refractivity contribution < 1.29 is 9.53 Å². The highest BCUT2D eigenvalue weighted by Crippen LogP contribution is 2.14. The highest BCUT2D eigenvalue weighted by atomic mass is 16.5. The van der Waals surface area contributed by atoms with Gasteiger partial charge in [0.1, 0.15) is 11.6 Å². The fourth-order valence-electron chi connectivity index (χ4n) is 1.68. The van der Waals surface area contributed by atoms with Gasteiger partial charge >= 0.3 is 0 Å². The zero-order valence-electron chi connectivity index (χ0n) is 11.3. The van der Waals surface area contributed by atoms with Crippen molar-refractivity contribution in [3.8, 4) is 5.75 Å². The molecule has 0 aliphatic rings. The number of benzene rings is 1. The SMILES string of the molecule is CCc1cccc(OCC(=O)Nc2ccc(N)nc2)c1. The molecular formula is C15H17N3O2. The Hall–Kier alpha value is -2.56. The second kappa shape index (κ2) is 6.56. The first-order valence-corrected chi connectivity index (χ1v) is 6.40. The van der Waals surface area contributed by atoms with Crippen molar-refractivity contribution in [3.63, 3.8) is 0 Å². The quantitative estimate of drug-likeness (QED) is 0.874. The van der Waals surface area contributed by atoms with Crippen LogP contribution in [-0.4, -0.2) is 17.5 Å². The van der Waals surface area contributed by atoms with Crippen molar-refractivity contribution in [2.75, 3.05) is 17.7 Å². The molecule has 0 saturated heterocycles. The van der Waals surface area contributed by atoms with Crippen molar-refractivity contribution in [1.82, 2.24) is 4.98 Å². The molecule has 1 aromatic heterocycles. The highest BCUT2D eigenvalue weighted by molar-refractivity contribution is 5.91. The van der Waals surface area contributed by atoms with Gasteiger partial charge in [-0.15, -0.1) is 0 Å². The van der Waals surface area contributed by atoms with Crippen molar-refractivity contribution in [3.05, 3.63) is 48.2 Å². The molecule has 1 amide bonds. The van der Waals surface area contributed by atoms with Crippen LogP contribution in [0.25, 0.3) is 0 Å². The number of ether oxygens (including phenoxy) is 1. The molecule has 0 spiro atoms. The van der Waals surface area contributed by atoms with E-state index in [1.54, 1.807) is 12.1 Å². The Balaban J connectivity index is 1.87. The minimum absolute atomic E-state index is 0.0441. The van der Waals surface area contributed by atoms with Gasteiger partial charge in [0.15, 0.2) is 6.61 Å². The topological polar surface area (TPSA) is 77.2 Å². The third-order valence-corrected chi connectivity index (χ3v) is 2.75. The van der Waals surface area contributed by atoms with Gasteiger partial charge in [0.2, 0.25) is 0 Å². The van der Waals surface area contributed by atoms with Crippen molar-refractivity contribution in [2.24, 2.45) is 0 Å². The largest absolute Gasteiger partial charge is 0.484 e. The fraction of sp³-hybridized carbons (Fsp3) is 0.200. The second-order valence-electron chi connectivity index (χ2n) is 4.31. The highest BCUT2D eigenvalue weighted by Gasteiger charge is 2.04. The van der Waals surface area contributed by atoms with E-state index < -0.39 is 0 Å². The Morgan fingerprint density at radius 2 is 2.20 bits per heavy atom. The molecule has 0 aliphatic carbocycles. The number of hydrogen-bond donors (Lipinski definition) is 2. The number of nitrogens with zero attached hydrogens (tertiary/aromatic N) is 1. The number of nitrogens with two attached hydrogens (primary N) is 1. The molecule has 20 heavy (non-hydrogen) atoms. The van der Waals surface area contributed by atoms with Crippen LogP contribution in [0.2, 0.25) is 0 Å². The number of aromatic nitrogens is 1. The summed E-state index contributed by atoms with van der Waals surface area (Å²) < 4.78 is 5.45. The van der Waals surface area contributed by atoms with Gasteiger partial charge in [0.25, 0.3) is 5.91 Å². The number of amides is 1. The molecule has 5 heteroatoms. The van der Waals surface area contributed by atoms with Gasteiger partial charge < -0.3 is 15.8 Å². The molecule has 0 saturated carbocycles. The average molecular weight is 271 g/mol. The van der Waals surface area contributed by atoms with Crippen LogP contribution >= 0.6 is 0 Å². The van der Waals surface area contributed by atoms with Crippen molar-refractivity contribution in [1.29, 1.82) is 0 Å². The molecule has 2 rings (SSSR count). The van der Waals surface area contributed by atoms with Crippen molar-refractivity contribution in [2.45, 2.75) is 13.3 Å². The van der Waals surface area contributed by atoms with Crippen molar-refractivity contribution >= 4 is 17.4 Å². The monoisotopic (exact) mass is 271 g/mol. The number of carbonyl (C=O) groups is 1. The molecule has 0 fully saturated rings. The molecule has 0 atom stereocenters. The first-order valence-electron chi connectivity index (χ1n) is 6.40. The van der Waals surface area contributed by atoms with E-state index >= 15 is 0 Å². The molecule has 3 N–H and O–H groups in total. The van der Waals surface area contributed by atoms with Crippen LogP contribution < -0.4 is 15.8 Å². The number of anilines is 2. The van der Waals surface area contributed by atoms with Gasteiger partial charge in [0, 0.05) is 0 Å². The Bertz CT molecular complexity index is 582. The molecule has 1 aromatic carbocycles. The average Bonchev–Trinajstić information content (AvgIpc) is 2.48. The minimum atomic E-state index is -0.238. The van der Waals surface area contributed by atoms with Gasteiger partial charge in [-0.25, -0.2) is 4.98 Å². The third-order valence-electron chi connectivity index (χ3n) is 2.75. The van der Waals surface area contributed by atoms with Gasteiger partial charge in [-0.1, -0.05) is 19.1 Å². The maximum absolute atomic E-state index is 11.7. The van der Waals surface area contributed by atoms with E-state index in [-0.39, 0.29) is 12.5 Å². The zero-order valence-corrected chi connectivity index (χ0v) is 11.3. The van der Waals surface area contributed by atoms with Crippen LogP contribution in [0, 0.1) is 0 Å². The van der Waals surface area contributed by atoms with E-state index in [0.717, 1.165) is 6.42 Å². The number of nitrogen functional groups attached to an aromatic ring is 1. The number of nitrogens with one attached hydrogen (secondary N) is 1. The molecule has 2 aromatic rings. The smallest absolute Gasteiger partial charge is 0.262 e. The molecule has 0 bridgehead atoms. The Morgan fingerprint density at radius 3 is 2.90 bits per heavy atom. The number of rotatable bonds is 5. The van der Waals surface area contributed by atoms with E-state index in [1.807, 2.05) is 24.3 Å². The summed E-state index contributed by atoms with van der Waals surface area (Å²) in [6.07, 6.45) is 2.44. The van der Waals surface area contributed by atoms with Crippen LogP contribution in [0.15, 0.2) is 42.6 Å². The third kappa shape index (κ3) is 3.98. The van der Waals surface area contributed by atoms with Crippen LogP contribution in [0.1, 0.15) is 12.5 Å². The Morgan fingerprint density at radius 1 is 1.35 bits per heavy atom. The fourth-order valence-corrected chi connectivity index (χ4v) is 1.68. The maximum atomic E-state index is 11.7. The van der Waals surface area contributed by atoms with Gasteiger partial charge in [-0.3, -0.25) is 4.79 Å². The van der Waals surface area contributed by atoms with Gasteiger partial charge in [-0.05, 0) is 36.2 Å². The lowest BCUT2D eigenvalue weighted by Crippen LogP contribution is -2.20. The first kappa shape index (κ1) is 13.9. The maximum Gasteiger partial charge on any atom is 0.262 e. The predicted octanol–water partition coefficient (Wildman–Crippen LogP) is 2.24. The summed E-state index contributed by atoms with van der Waals surface area (Å²) in [5, 5.41) is 2.69. The summed E-state index contributed by atoms with van der Waals surface area (Å²) in [7, 11) is 0. The molecule has 5 nitrogen and oxygen atoms in total. The summed E-state index contributed by atoms with van der Waals surface area (Å²) in [5.74, 6) is 0.865.